The molecule has 0 aromatic heterocycles. The molecule has 16 heavy (non-hydrogen) atoms. The Morgan fingerprint density at radius 2 is 2.00 bits per heavy atom. The van der Waals surface area contributed by atoms with E-state index in [1.807, 2.05) is 0 Å². The highest BCUT2D eigenvalue weighted by molar-refractivity contribution is 5.94. The van der Waals surface area contributed by atoms with Gasteiger partial charge in [0.15, 0.2) is 0 Å². The van der Waals surface area contributed by atoms with Crippen LogP contribution in [0, 0.1) is 5.82 Å². The molecule has 0 aliphatic carbocycles. The number of nitrogens with zero attached hydrogens (tertiary/aromatic N) is 1. The van der Waals surface area contributed by atoms with Gasteiger partial charge in [-0.25, -0.2) is 4.39 Å². The second kappa shape index (κ2) is 4.49. The highest BCUT2D eigenvalue weighted by Crippen LogP contribution is 2.16. The van der Waals surface area contributed by atoms with Crippen molar-refractivity contribution in [3.63, 3.8) is 0 Å². The third kappa shape index (κ3) is 2.30. The molecule has 1 saturated heterocycles. The van der Waals surface area contributed by atoms with Gasteiger partial charge in [-0.05, 0) is 12.1 Å². The lowest BCUT2D eigenvalue weighted by atomic mass is 10.1. The van der Waals surface area contributed by atoms with Crippen LogP contribution >= 0.6 is 0 Å². The summed E-state index contributed by atoms with van der Waals surface area (Å²) in [4.78, 5) is 13.5. The molecule has 1 amide bonds. The molecule has 1 aliphatic heterocycles. The highest BCUT2D eigenvalue weighted by atomic mass is 19.1. The minimum Gasteiger partial charge on any atom is -0.508 e. The molecule has 0 unspecified atom stereocenters. The molecule has 1 N–H and O–H groups in total. The van der Waals surface area contributed by atoms with E-state index in [9.17, 15) is 14.3 Å². The predicted molar refractivity (Wildman–Crippen MR) is 54.8 cm³/mol. The van der Waals surface area contributed by atoms with Gasteiger partial charge in [-0.2, -0.15) is 0 Å². The Morgan fingerprint density at radius 3 is 2.62 bits per heavy atom. The van der Waals surface area contributed by atoms with Crippen molar-refractivity contribution in [2.45, 2.75) is 0 Å². The van der Waals surface area contributed by atoms with Crippen LogP contribution in [-0.4, -0.2) is 42.2 Å². The quantitative estimate of drug-likeness (QED) is 0.775. The molecule has 86 valence electrons. The molecular weight excluding hydrogens is 213 g/mol. The summed E-state index contributed by atoms with van der Waals surface area (Å²) >= 11 is 0. The van der Waals surface area contributed by atoms with E-state index in [0.717, 1.165) is 12.1 Å². The van der Waals surface area contributed by atoms with Crippen LogP contribution in [0.3, 0.4) is 0 Å². The maximum atomic E-state index is 13.0. The summed E-state index contributed by atoms with van der Waals surface area (Å²) < 4.78 is 18.1. The Morgan fingerprint density at radius 1 is 1.31 bits per heavy atom. The number of morpholine rings is 1. The average Bonchev–Trinajstić information content (AvgIpc) is 2.28. The fraction of sp³-hybridized carbons (Fsp3) is 0.364. The summed E-state index contributed by atoms with van der Waals surface area (Å²) in [7, 11) is 0. The fourth-order valence-electron chi connectivity index (χ4n) is 1.65. The maximum Gasteiger partial charge on any atom is 0.254 e. The third-order valence-electron chi connectivity index (χ3n) is 2.43. The zero-order chi connectivity index (χ0) is 11.5. The van der Waals surface area contributed by atoms with E-state index in [1.54, 1.807) is 4.90 Å². The van der Waals surface area contributed by atoms with Gasteiger partial charge in [0, 0.05) is 24.7 Å². The molecule has 1 aromatic carbocycles. The van der Waals surface area contributed by atoms with E-state index in [0.29, 0.717) is 26.3 Å². The summed E-state index contributed by atoms with van der Waals surface area (Å²) in [5.41, 5.74) is 0.166. The van der Waals surface area contributed by atoms with Crippen molar-refractivity contribution in [1.82, 2.24) is 4.90 Å². The molecule has 2 rings (SSSR count). The van der Waals surface area contributed by atoms with Gasteiger partial charge in [0.2, 0.25) is 0 Å². The number of phenols is 1. The van der Waals surface area contributed by atoms with Crippen molar-refractivity contribution in [2.24, 2.45) is 0 Å². The standard InChI is InChI=1S/C11H12FNO3/c12-9-5-8(6-10(14)7-9)11(15)13-1-3-16-4-2-13/h5-7,14H,1-4H2. The summed E-state index contributed by atoms with van der Waals surface area (Å²) in [5, 5.41) is 9.21. The van der Waals surface area contributed by atoms with Gasteiger partial charge >= 0.3 is 0 Å². The van der Waals surface area contributed by atoms with Crippen molar-refractivity contribution in [1.29, 1.82) is 0 Å². The van der Waals surface area contributed by atoms with Crippen LogP contribution in [0.1, 0.15) is 10.4 Å². The van der Waals surface area contributed by atoms with Gasteiger partial charge in [-0.15, -0.1) is 0 Å². The van der Waals surface area contributed by atoms with Crippen molar-refractivity contribution >= 4 is 5.91 Å². The number of ether oxygens (including phenoxy) is 1. The molecular formula is C11H12FNO3. The van der Waals surface area contributed by atoms with Crippen LogP contribution in [-0.2, 0) is 4.74 Å². The summed E-state index contributed by atoms with van der Waals surface area (Å²) in [6.45, 7) is 1.98. The Kier molecular flexibility index (Phi) is 3.05. The van der Waals surface area contributed by atoms with E-state index < -0.39 is 5.82 Å². The number of amides is 1. The molecule has 4 nitrogen and oxygen atoms in total. The highest BCUT2D eigenvalue weighted by Gasteiger charge is 2.19. The van der Waals surface area contributed by atoms with Crippen LogP contribution in [0.15, 0.2) is 18.2 Å². The van der Waals surface area contributed by atoms with E-state index in [4.69, 9.17) is 4.74 Å². The number of phenolic OH excluding ortho intramolecular Hbond substituents is 1. The van der Waals surface area contributed by atoms with Crippen LogP contribution < -0.4 is 0 Å². The predicted octanol–water partition coefficient (Wildman–Crippen LogP) is 1.00. The smallest absolute Gasteiger partial charge is 0.254 e. The summed E-state index contributed by atoms with van der Waals surface area (Å²) in [6.07, 6.45) is 0. The first-order chi connectivity index (χ1) is 7.66. The number of hydrogen-bond acceptors (Lipinski definition) is 3. The minimum absolute atomic E-state index is 0.166. The molecule has 0 spiro atoms. The zero-order valence-electron chi connectivity index (χ0n) is 8.65. The van der Waals surface area contributed by atoms with Crippen LogP contribution in [0.25, 0.3) is 0 Å². The largest absolute Gasteiger partial charge is 0.508 e. The van der Waals surface area contributed by atoms with Gasteiger partial charge in [-0.3, -0.25) is 4.79 Å². The monoisotopic (exact) mass is 225 g/mol. The molecule has 1 aliphatic rings. The van der Waals surface area contributed by atoms with Crippen molar-refractivity contribution in [3.05, 3.63) is 29.6 Å². The summed E-state index contributed by atoms with van der Waals surface area (Å²) in [5.74, 6) is -1.13. The first kappa shape index (κ1) is 10.9. The third-order valence-corrected chi connectivity index (χ3v) is 2.43. The fourth-order valence-corrected chi connectivity index (χ4v) is 1.65. The van der Waals surface area contributed by atoms with Gasteiger partial charge in [0.25, 0.3) is 5.91 Å². The van der Waals surface area contributed by atoms with Crippen molar-refractivity contribution in [2.75, 3.05) is 26.3 Å². The molecule has 0 radical (unpaired) electrons. The molecule has 5 heteroatoms. The lowest BCUT2D eigenvalue weighted by Gasteiger charge is -2.26. The van der Waals surface area contributed by atoms with Crippen LogP contribution in [0.2, 0.25) is 0 Å². The van der Waals surface area contributed by atoms with Crippen molar-refractivity contribution < 1.29 is 19.0 Å². The minimum atomic E-state index is -0.614. The average molecular weight is 225 g/mol. The van der Waals surface area contributed by atoms with Crippen molar-refractivity contribution in [3.8, 4) is 5.75 Å². The maximum absolute atomic E-state index is 13.0. The number of carbonyl (C=O) groups excluding carboxylic acids is 1. The number of benzene rings is 1. The second-order valence-electron chi connectivity index (χ2n) is 3.60. The normalized spacial score (nSPS) is 16.2. The van der Waals surface area contributed by atoms with Crippen LogP contribution in [0.4, 0.5) is 4.39 Å². The molecule has 1 heterocycles. The van der Waals surface area contributed by atoms with Crippen LogP contribution in [0.5, 0.6) is 5.75 Å². The molecule has 1 fully saturated rings. The van der Waals surface area contributed by atoms with E-state index in [2.05, 4.69) is 0 Å². The molecule has 0 bridgehead atoms. The van der Waals surface area contributed by atoms with E-state index >= 15 is 0 Å². The Labute approximate surface area is 92.2 Å². The van der Waals surface area contributed by atoms with E-state index in [-0.39, 0.29) is 17.2 Å². The molecule has 0 atom stereocenters. The Balaban J connectivity index is 2.19. The lowest BCUT2D eigenvalue weighted by molar-refractivity contribution is 0.0302. The number of rotatable bonds is 1. The first-order valence-electron chi connectivity index (χ1n) is 5.03. The SMILES string of the molecule is O=C(c1cc(O)cc(F)c1)N1CCOCC1. The Bertz CT molecular complexity index is 382. The topological polar surface area (TPSA) is 49.8 Å². The number of halogens is 1. The molecule has 0 saturated carbocycles. The second-order valence-corrected chi connectivity index (χ2v) is 3.60. The van der Waals surface area contributed by atoms with Gasteiger partial charge in [-0.1, -0.05) is 0 Å². The molecule has 1 aromatic rings. The number of aromatic hydroxyl groups is 1. The van der Waals surface area contributed by atoms with Gasteiger partial charge < -0.3 is 14.7 Å². The Hall–Kier alpha value is -1.62. The van der Waals surface area contributed by atoms with Gasteiger partial charge in [0.1, 0.15) is 11.6 Å². The number of carbonyl (C=O) groups is 1. The zero-order valence-corrected chi connectivity index (χ0v) is 8.65. The lowest BCUT2D eigenvalue weighted by Crippen LogP contribution is -2.40. The first-order valence-corrected chi connectivity index (χ1v) is 5.03. The van der Waals surface area contributed by atoms with Gasteiger partial charge in [0.05, 0.1) is 13.2 Å². The van der Waals surface area contributed by atoms with E-state index in [1.165, 1.54) is 6.07 Å². The number of hydrogen-bond donors (Lipinski definition) is 1. The summed E-state index contributed by atoms with van der Waals surface area (Å²) in [6, 6.07) is 3.36.